The quantitative estimate of drug-likeness (QED) is 0.382. The normalized spacial score (nSPS) is 15.4. The SMILES string of the molecule is CC1CCN(S(=O)(=O)c2ccc(Oc3ccc([N+](=O)[O-])c4cccnc34)c([N+](=O)[O-])c2)CC1. The van der Waals surface area contributed by atoms with Crippen molar-refractivity contribution in [2.75, 3.05) is 13.1 Å². The summed E-state index contributed by atoms with van der Waals surface area (Å²) in [6, 6.07) is 9.01. The van der Waals surface area contributed by atoms with E-state index in [0.29, 0.717) is 19.0 Å². The van der Waals surface area contributed by atoms with Gasteiger partial charge in [0.25, 0.3) is 5.69 Å². The number of benzene rings is 2. The molecule has 33 heavy (non-hydrogen) atoms. The number of aromatic nitrogens is 1. The third kappa shape index (κ3) is 4.34. The van der Waals surface area contributed by atoms with Gasteiger partial charge in [0.15, 0.2) is 5.75 Å². The maximum Gasteiger partial charge on any atom is 0.312 e. The Kier molecular flexibility index (Phi) is 5.95. The van der Waals surface area contributed by atoms with Crippen LogP contribution in [0.25, 0.3) is 10.9 Å². The first-order valence-electron chi connectivity index (χ1n) is 10.2. The fourth-order valence-electron chi connectivity index (χ4n) is 3.75. The first kappa shape index (κ1) is 22.6. The van der Waals surface area contributed by atoms with E-state index >= 15 is 0 Å². The van der Waals surface area contributed by atoms with Crippen molar-refractivity contribution in [3.05, 3.63) is 68.9 Å². The van der Waals surface area contributed by atoms with Gasteiger partial charge in [0, 0.05) is 31.4 Å². The van der Waals surface area contributed by atoms with E-state index < -0.39 is 25.6 Å². The van der Waals surface area contributed by atoms with Crippen molar-refractivity contribution in [1.82, 2.24) is 9.29 Å². The average molecular weight is 472 g/mol. The van der Waals surface area contributed by atoms with Gasteiger partial charge in [-0.15, -0.1) is 0 Å². The second-order valence-electron chi connectivity index (χ2n) is 7.81. The van der Waals surface area contributed by atoms with E-state index in [0.717, 1.165) is 18.9 Å². The molecule has 0 aliphatic carbocycles. The summed E-state index contributed by atoms with van der Waals surface area (Å²) in [5.41, 5.74) is -0.568. The van der Waals surface area contributed by atoms with Crippen LogP contribution < -0.4 is 4.74 Å². The van der Waals surface area contributed by atoms with Crippen LogP contribution in [-0.4, -0.2) is 40.6 Å². The van der Waals surface area contributed by atoms with Crippen LogP contribution in [0.4, 0.5) is 11.4 Å². The van der Waals surface area contributed by atoms with Gasteiger partial charge >= 0.3 is 5.69 Å². The van der Waals surface area contributed by atoms with Crippen LogP contribution in [0.3, 0.4) is 0 Å². The number of hydrogen-bond acceptors (Lipinski definition) is 8. The molecule has 1 aliphatic heterocycles. The molecule has 12 heteroatoms. The summed E-state index contributed by atoms with van der Waals surface area (Å²) < 4.78 is 33.1. The van der Waals surface area contributed by atoms with Gasteiger partial charge in [0.1, 0.15) is 5.52 Å². The highest BCUT2D eigenvalue weighted by molar-refractivity contribution is 7.89. The van der Waals surface area contributed by atoms with Gasteiger partial charge in [-0.25, -0.2) is 8.42 Å². The number of ether oxygens (including phenoxy) is 1. The Morgan fingerprint density at radius 2 is 1.67 bits per heavy atom. The topological polar surface area (TPSA) is 146 Å². The Morgan fingerprint density at radius 1 is 1.00 bits per heavy atom. The van der Waals surface area contributed by atoms with Crippen molar-refractivity contribution in [2.24, 2.45) is 5.92 Å². The molecule has 1 saturated heterocycles. The maximum absolute atomic E-state index is 13.0. The minimum atomic E-state index is -3.89. The minimum absolute atomic E-state index is 0.0694. The lowest BCUT2D eigenvalue weighted by Gasteiger charge is -2.29. The van der Waals surface area contributed by atoms with Crippen molar-refractivity contribution in [1.29, 1.82) is 0 Å². The van der Waals surface area contributed by atoms with Crippen LogP contribution in [0.1, 0.15) is 19.8 Å². The van der Waals surface area contributed by atoms with Crippen molar-refractivity contribution in [3.63, 3.8) is 0 Å². The second kappa shape index (κ2) is 8.71. The van der Waals surface area contributed by atoms with Crippen molar-refractivity contribution in [3.8, 4) is 11.5 Å². The zero-order valence-electron chi connectivity index (χ0n) is 17.6. The number of nitro benzene ring substituents is 2. The fourth-order valence-corrected chi connectivity index (χ4v) is 5.24. The van der Waals surface area contributed by atoms with Crippen LogP contribution in [0.15, 0.2) is 53.6 Å². The molecule has 0 spiro atoms. The number of rotatable bonds is 6. The van der Waals surface area contributed by atoms with E-state index in [-0.39, 0.29) is 33.0 Å². The molecule has 0 bridgehead atoms. The third-order valence-electron chi connectivity index (χ3n) is 5.63. The summed E-state index contributed by atoms with van der Waals surface area (Å²) in [6.45, 7) is 2.77. The summed E-state index contributed by atoms with van der Waals surface area (Å²) in [5, 5.41) is 23.2. The molecule has 1 aromatic heterocycles. The standard InChI is InChI=1S/C21H20N4O7S/c1-14-8-11-23(12-9-14)33(30,31)15-4-6-19(18(13-15)25(28)29)32-20-7-5-17(24(26)27)16-3-2-10-22-21(16)20/h2-7,10,13-14H,8-9,11-12H2,1H3. The van der Waals surface area contributed by atoms with Crippen LogP contribution in [0.2, 0.25) is 0 Å². The van der Waals surface area contributed by atoms with E-state index in [2.05, 4.69) is 11.9 Å². The molecular weight excluding hydrogens is 452 g/mol. The molecule has 2 aromatic carbocycles. The minimum Gasteiger partial charge on any atom is -0.448 e. The largest absolute Gasteiger partial charge is 0.448 e. The van der Waals surface area contributed by atoms with Gasteiger partial charge in [-0.3, -0.25) is 25.2 Å². The third-order valence-corrected chi connectivity index (χ3v) is 7.53. The fraction of sp³-hybridized carbons (Fsp3) is 0.286. The van der Waals surface area contributed by atoms with Crippen LogP contribution in [0, 0.1) is 26.1 Å². The molecule has 0 radical (unpaired) electrons. The Balaban J connectivity index is 1.72. The van der Waals surface area contributed by atoms with E-state index in [9.17, 15) is 28.6 Å². The molecule has 2 heterocycles. The van der Waals surface area contributed by atoms with Gasteiger partial charge in [-0.05, 0) is 49.1 Å². The number of nitrogens with zero attached hydrogens (tertiary/aromatic N) is 4. The highest BCUT2D eigenvalue weighted by Gasteiger charge is 2.31. The molecule has 0 atom stereocenters. The van der Waals surface area contributed by atoms with Crippen molar-refractivity contribution >= 4 is 32.3 Å². The molecular formula is C21H20N4O7S. The summed E-state index contributed by atoms with van der Waals surface area (Å²) >= 11 is 0. The summed E-state index contributed by atoms with van der Waals surface area (Å²) in [6.07, 6.45) is 2.87. The Labute approximate surface area is 189 Å². The number of sulfonamides is 1. The molecule has 4 rings (SSSR count). The molecule has 0 unspecified atom stereocenters. The first-order chi connectivity index (χ1) is 15.7. The highest BCUT2D eigenvalue weighted by atomic mass is 32.2. The predicted molar refractivity (Wildman–Crippen MR) is 119 cm³/mol. The van der Waals surface area contributed by atoms with E-state index in [4.69, 9.17) is 4.74 Å². The second-order valence-corrected chi connectivity index (χ2v) is 9.75. The van der Waals surface area contributed by atoms with Crippen LogP contribution in [0.5, 0.6) is 11.5 Å². The average Bonchev–Trinajstić information content (AvgIpc) is 2.79. The van der Waals surface area contributed by atoms with E-state index in [1.165, 1.54) is 46.9 Å². The lowest BCUT2D eigenvalue weighted by molar-refractivity contribution is -0.385. The molecule has 0 saturated carbocycles. The van der Waals surface area contributed by atoms with E-state index in [1.807, 2.05) is 0 Å². The smallest absolute Gasteiger partial charge is 0.312 e. The van der Waals surface area contributed by atoms with Gasteiger partial charge < -0.3 is 4.74 Å². The van der Waals surface area contributed by atoms with Gasteiger partial charge in [0.05, 0.1) is 20.1 Å². The Morgan fingerprint density at radius 3 is 2.33 bits per heavy atom. The van der Waals surface area contributed by atoms with E-state index in [1.54, 1.807) is 0 Å². The molecule has 3 aromatic rings. The van der Waals surface area contributed by atoms with Crippen LogP contribution in [-0.2, 0) is 10.0 Å². The summed E-state index contributed by atoms with van der Waals surface area (Å²) in [5.74, 6) is 0.290. The molecule has 11 nitrogen and oxygen atoms in total. The van der Waals surface area contributed by atoms with Gasteiger partial charge in [-0.1, -0.05) is 6.92 Å². The predicted octanol–water partition coefficient (Wildman–Crippen LogP) is 4.26. The van der Waals surface area contributed by atoms with Crippen LogP contribution >= 0.6 is 0 Å². The monoisotopic (exact) mass is 472 g/mol. The Bertz CT molecular complexity index is 1350. The zero-order valence-corrected chi connectivity index (χ0v) is 18.4. The first-order valence-corrected chi connectivity index (χ1v) is 11.6. The number of fused-ring (bicyclic) bond motifs is 1. The molecule has 172 valence electrons. The highest BCUT2D eigenvalue weighted by Crippen LogP contribution is 2.38. The number of piperidine rings is 1. The van der Waals surface area contributed by atoms with Crippen molar-refractivity contribution in [2.45, 2.75) is 24.7 Å². The van der Waals surface area contributed by atoms with Gasteiger partial charge in [-0.2, -0.15) is 4.31 Å². The maximum atomic E-state index is 13.0. The summed E-state index contributed by atoms with van der Waals surface area (Å²) in [4.78, 5) is 25.7. The summed E-state index contributed by atoms with van der Waals surface area (Å²) in [7, 11) is -3.89. The molecule has 0 amide bonds. The number of hydrogen-bond donors (Lipinski definition) is 0. The number of pyridine rings is 1. The van der Waals surface area contributed by atoms with Crippen molar-refractivity contribution < 1.29 is 23.0 Å². The number of non-ortho nitro benzene ring substituents is 1. The lowest BCUT2D eigenvalue weighted by Crippen LogP contribution is -2.37. The zero-order chi connectivity index (χ0) is 23.8. The Hall–Kier alpha value is -3.64. The lowest BCUT2D eigenvalue weighted by atomic mass is 10.0. The molecule has 1 aliphatic rings. The van der Waals surface area contributed by atoms with Gasteiger partial charge in [0.2, 0.25) is 15.8 Å². The molecule has 0 N–H and O–H groups in total. The molecule has 1 fully saturated rings. The number of nitro groups is 2.